The average molecular weight is 280 g/mol. The van der Waals surface area contributed by atoms with Gasteiger partial charge in [-0.15, -0.1) is 11.3 Å². The molecule has 1 aromatic heterocycles. The predicted octanol–water partition coefficient (Wildman–Crippen LogP) is 3.65. The van der Waals surface area contributed by atoms with E-state index in [4.69, 9.17) is 0 Å². The molecule has 19 heavy (non-hydrogen) atoms. The molecule has 0 spiro atoms. The first-order valence-electron chi connectivity index (χ1n) is 7.22. The van der Waals surface area contributed by atoms with Crippen molar-refractivity contribution in [2.45, 2.75) is 57.5 Å². The van der Waals surface area contributed by atoms with Crippen LogP contribution in [0.1, 0.15) is 43.9 Å². The normalized spacial score (nSPS) is 18.0. The fourth-order valence-corrected chi connectivity index (χ4v) is 3.41. The molecule has 1 N–H and O–H groups in total. The monoisotopic (exact) mass is 280 g/mol. The summed E-state index contributed by atoms with van der Waals surface area (Å²) in [5, 5.41) is 5.26. The Balaban J connectivity index is 1.80. The van der Waals surface area contributed by atoms with Crippen molar-refractivity contribution >= 4 is 17.4 Å². The van der Waals surface area contributed by atoms with Crippen molar-refractivity contribution < 1.29 is 4.79 Å². The van der Waals surface area contributed by atoms with E-state index in [0.717, 1.165) is 19.3 Å². The van der Waals surface area contributed by atoms with Crippen LogP contribution in [0.25, 0.3) is 0 Å². The molecule has 3 nitrogen and oxygen atoms in total. The van der Waals surface area contributed by atoms with Gasteiger partial charge >= 0.3 is 6.03 Å². The third-order valence-corrected chi connectivity index (χ3v) is 4.89. The highest BCUT2D eigenvalue weighted by Crippen LogP contribution is 2.18. The Bertz CT molecular complexity index is 385. The van der Waals surface area contributed by atoms with Crippen LogP contribution in [0.4, 0.5) is 4.79 Å². The Morgan fingerprint density at radius 2 is 2.21 bits per heavy atom. The Morgan fingerprint density at radius 3 is 2.84 bits per heavy atom. The zero-order valence-electron chi connectivity index (χ0n) is 11.9. The molecular formula is C15H24N2OS. The number of carbonyl (C=O) groups is 1. The zero-order chi connectivity index (χ0) is 13.7. The van der Waals surface area contributed by atoms with Gasteiger partial charge in [0.2, 0.25) is 0 Å². The van der Waals surface area contributed by atoms with Crippen LogP contribution in [0, 0.1) is 0 Å². The van der Waals surface area contributed by atoms with E-state index in [1.165, 1.54) is 24.1 Å². The van der Waals surface area contributed by atoms with Crippen LogP contribution in [-0.2, 0) is 6.42 Å². The minimum Gasteiger partial charge on any atom is -0.335 e. The molecule has 1 saturated carbocycles. The number of amides is 2. The van der Waals surface area contributed by atoms with Crippen LogP contribution < -0.4 is 5.32 Å². The van der Waals surface area contributed by atoms with Crippen LogP contribution in [0.3, 0.4) is 0 Å². The lowest BCUT2D eigenvalue weighted by atomic mass is 9.96. The highest BCUT2D eigenvalue weighted by atomic mass is 32.1. The number of rotatable bonds is 4. The van der Waals surface area contributed by atoms with Crippen LogP contribution in [0.2, 0.25) is 0 Å². The van der Waals surface area contributed by atoms with Gasteiger partial charge in [-0.3, -0.25) is 0 Å². The van der Waals surface area contributed by atoms with Crippen molar-refractivity contribution in [2.75, 3.05) is 7.05 Å². The summed E-state index contributed by atoms with van der Waals surface area (Å²) in [6, 6.07) is 4.90. The van der Waals surface area contributed by atoms with Crippen molar-refractivity contribution in [2.24, 2.45) is 0 Å². The second-order valence-electron chi connectivity index (χ2n) is 5.53. The molecule has 4 heteroatoms. The van der Waals surface area contributed by atoms with Gasteiger partial charge in [0.05, 0.1) is 0 Å². The maximum Gasteiger partial charge on any atom is 0.317 e. The summed E-state index contributed by atoms with van der Waals surface area (Å²) in [6.45, 7) is 2.11. The molecule has 2 rings (SSSR count). The summed E-state index contributed by atoms with van der Waals surface area (Å²) in [4.78, 5) is 15.4. The van der Waals surface area contributed by atoms with Crippen LogP contribution in [0.15, 0.2) is 17.5 Å². The molecule has 1 atom stereocenters. The molecular weight excluding hydrogens is 256 g/mol. The molecule has 0 saturated heterocycles. The maximum absolute atomic E-state index is 12.2. The molecule has 1 unspecified atom stereocenters. The van der Waals surface area contributed by atoms with Gasteiger partial charge < -0.3 is 10.2 Å². The quantitative estimate of drug-likeness (QED) is 0.897. The van der Waals surface area contributed by atoms with Gasteiger partial charge in [-0.05, 0) is 31.2 Å². The molecule has 1 aromatic rings. The Kier molecular flexibility index (Phi) is 5.25. The van der Waals surface area contributed by atoms with Gasteiger partial charge in [0.25, 0.3) is 0 Å². The Hall–Kier alpha value is -1.03. The molecule has 0 radical (unpaired) electrons. The topological polar surface area (TPSA) is 32.3 Å². The Labute approximate surface area is 120 Å². The zero-order valence-corrected chi connectivity index (χ0v) is 12.7. The number of carbonyl (C=O) groups excluding carboxylic acids is 1. The summed E-state index contributed by atoms with van der Waals surface area (Å²) in [5.74, 6) is 0. The fraction of sp³-hybridized carbons (Fsp3) is 0.667. The molecule has 0 aliphatic heterocycles. The molecule has 1 heterocycles. The number of nitrogens with one attached hydrogen (secondary N) is 1. The maximum atomic E-state index is 12.2. The summed E-state index contributed by atoms with van der Waals surface area (Å²) in [5.41, 5.74) is 0. The first-order chi connectivity index (χ1) is 9.16. The molecule has 1 fully saturated rings. The third-order valence-electron chi connectivity index (χ3n) is 3.99. The lowest BCUT2D eigenvalue weighted by Gasteiger charge is -2.29. The van der Waals surface area contributed by atoms with E-state index >= 15 is 0 Å². The first kappa shape index (κ1) is 14.4. The second-order valence-corrected chi connectivity index (χ2v) is 6.56. The van der Waals surface area contributed by atoms with E-state index in [1.54, 1.807) is 11.3 Å². The van der Waals surface area contributed by atoms with Gasteiger partial charge in [0.15, 0.2) is 0 Å². The van der Waals surface area contributed by atoms with Crippen molar-refractivity contribution in [1.82, 2.24) is 10.2 Å². The highest BCUT2D eigenvalue weighted by molar-refractivity contribution is 7.09. The third kappa shape index (κ3) is 4.23. The SMILES string of the molecule is CC(Cc1cccs1)N(C)C(=O)NC1CCCCC1. The standard InChI is InChI=1S/C15H24N2OS/c1-12(11-14-9-6-10-19-14)17(2)15(18)16-13-7-4-3-5-8-13/h6,9-10,12-13H,3-5,7-8,11H2,1-2H3,(H,16,18). The number of urea groups is 1. The number of hydrogen-bond acceptors (Lipinski definition) is 2. The largest absolute Gasteiger partial charge is 0.335 e. The lowest BCUT2D eigenvalue weighted by molar-refractivity contribution is 0.186. The first-order valence-corrected chi connectivity index (χ1v) is 8.10. The van der Waals surface area contributed by atoms with E-state index in [0.29, 0.717) is 6.04 Å². The smallest absolute Gasteiger partial charge is 0.317 e. The summed E-state index contributed by atoms with van der Waals surface area (Å²) >= 11 is 1.76. The van der Waals surface area contributed by atoms with Crippen LogP contribution >= 0.6 is 11.3 Å². The summed E-state index contributed by atoms with van der Waals surface area (Å²) in [7, 11) is 1.90. The summed E-state index contributed by atoms with van der Waals surface area (Å²) < 4.78 is 0. The van der Waals surface area contributed by atoms with E-state index in [9.17, 15) is 4.79 Å². The lowest BCUT2D eigenvalue weighted by Crippen LogP contribution is -2.47. The van der Waals surface area contributed by atoms with Crippen LogP contribution in [0.5, 0.6) is 0 Å². The van der Waals surface area contributed by atoms with Gasteiger partial charge in [-0.25, -0.2) is 4.79 Å². The number of thiophene rings is 1. The summed E-state index contributed by atoms with van der Waals surface area (Å²) in [6.07, 6.45) is 7.03. The van der Waals surface area contributed by atoms with Crippen LogP contribution in [-0.4, -0.2) is 30.1 Å². The minimum atomic E-state index is 0.0796. The van der Waals surface area contributed by atoms with E-state index in [1.807, 2.05) is 11.9 Å². The van der Waals surface area contributed by atoms with Crippen molar-refractivity contribution in [3.8, 4) is 0 Å². The highest BCUT2D eigenvalue weighted by Gasteiger charge is 2.20. The fourth-order valence-electron chi connectivity index (χ4n) is 2.58. The molecule has 1 aliphatic carbocycles. The molecule has 0 aromatic carbocycles. The number of hydrogen-bond donors (Lipinski definition) is 1. The molecule has 1 aliphatic rings. The average Bonchev–Trinajstić information content (AvgIpc) is 2.91. The van der Waals surface area contributed by atoms with Gasteiger partial charge in [-0.2, -0.15) is 0 Å². The van der Waals surface area contributed by atoms with Crippen molar-refractivity contribution in [3.05, 3.63) is 22.4 Å². The van der Waals surface area contributed by atoms with Crippen molar-refractivity contribution in [3.63, 3.8) is 0 Å². The van der Waals surface area contributed by atoms with Gasteiger partial charge in [0.1, 0.15) is 0 Å². The van der Waals surface area contributed by atoms with E-state index < -0.39 is 0 Å². The Morgan fingerprint density at radius 1 is 1.47 bits per heavy atom. The second kappa shape index (κ2) is 6.94. The number of likely N-dealkylation sites (N-methyl/N-ethyl adjacent to an activating group) is 1. The van der Waals surface area contributed by atoms with Gasteiger partial charge in [-0.1, -0.05) is 25.3 Å². The molecule has 2 amide bonds. The molecule has 106 valence electrons. The molecule has 0 bridgehead atoms. The van der Waals surface area contributed by atoms with E-state index in [-0.39, 0.29) is 12.1 Å². The van der Waals surface area contributed by atoms with Gasteiger partial charge in [0, 0.05) is 30.4 Å². The minimum absolute atomic E-state index is 0.0796. The van der Waals surface area contributed by atoms with E-state index in [2.05, 4.69) is 29.8 Å². The van der Waals surface area contributed by atoms with Crippen molar-refractivity contribution in [1.29, 1.82) is 0 Å². The number of nitrogens with zero attached hydrogens (tertiary/aromatic N) is 1. The predicted molar refractivity (Wildman–Crippen MR) is 80.7 cm³/mol.